The van der Waals surface area contributed by atoms with Crippen LogP contribution in [0.15, 0.2) is 18.2 Å². The topological polar surface area (TPSA) is 77.8 Å². The van der Waals surface area contributed by atoms with Crippen LogP contribution in [0.25, 0.3) is 0 Å². The summed E-state index contributed by atoms with van der Waals surface area (Å²) in [7, 11) is 0. The van der Waals surface area contributed by atoms with Gasteiger partial charge in [0, 0.05) is 18.3 Å². The van der Waals surface area contributed by atoms with E-state index in [1.807, 2.05) is 25.7 Å². The van der Waals surface area contributed by atoms with Gasteiger partial charge < -0.3 is 15.1 Å². The summed E-state index contributed by atoms with van der Waals surface area (Å²) in [5.41, 5.74) is 1.92. The van der Waals surface area contributed by atoms with Crippen LogP contribution in [0.5, 0.6) is 0 Å². The summed E-state index contributed by atoms with van der Waals surface area (Å²) in [5, 5.41) is 17.8. The minimum atomic E-state index is -0.983. The first-order valence-electron chi connectivity index (χ1n) is 6.15. The number of hydrogen-bond acceptors (Lipinski definition) is 3. The Labute approximate surface area is 112 Å². The molecule has 1 rings (SSSR count). The molecule has 0 saturated carbocycles. The Morgan fingerprint density at radius 2 is 1.89 bits per heavy atom. The fraction of sp³-hybridized carbons (Fsp3) is 0.429. The zero-order valence-corrected chi connectivity index (χ0v) is 11.4. The molecule has 0 aliphatic heterocycles. The number of anilines is 1. The van der Waals surface area contributed by atoms with Crippen molar-refractivity contribution < 1.29 is 19.8 Å². The summed E-state index contributed by atoms with van der Waals surface area (Å²) >= 11 is 0. The van der Waals surface area contributed by atoms with E-state index in [0.717, 1.165) is 11.3 Å². The second kappa shape index (κ2) is 6.22. The van der Waals surface area contributed by atoms with Crippen LogP contribution in [0.3, 0.4) is 0 Å². The van der Waals surface area contributed by atoms with Crippen molar-refractivity contribution in [2.75, 3.05) is 11.4 Å². The maximum Gasteiger partial charge on any atom is 0.335 e. The van der Waals surface area contributed by atoms with Crippen LogP contribution in [0.2, 0.25) is 0 Å². The van der Waals surface area contributed by atoms with Crippen molar-refractivity contribution in [1.29, 1.82) is 0 Å². The van der Waals surface area contributed by atoms with E-state index in [4.69, 9.17) is 10.2 Å². The molecule has 5 nitrogen and oxygen atoms in total. The van der Waals surface area contributed by atoms with E-state index >= 15 is 0 Å². The number of carboxylic acid groups (broad SMARTS) is 2. The molecule has 1 aromatic carbocycles. The second-order valence-corrected chi connectivity index (χ2v) is 4.74. The van der Waals surface area contributed by atoms with E-state index in [1.165, 1.54) is 0 Å². The van der Waals surface area contributed by atoms with E-state index in [0.29, 0.717) is 6.54 Å². The van der Waals surface area contributed by atoms with Gasteiger partial charge in [-0.25, -0.2) is 4.79 Å². The number of hydrogen-bond donors (Lipinski definition) is 2. The lowest BCUT2D eigenvalue weighted by molar-refractivity contribution is -0.136. The average Bonchev–Trinajstić information content (AvgIpc) is 2.30. The number of aryl methyl sites for hydroxylation is 1. The summed E-state index contributed by atoms with van der Waals surface area (Å²) in [6, 6.07) is 4.99. The molecule has 0 bridgehead atoms. The van der Waals surface area contributed by atoms with E-state index in [2.05, 4.69) is 0 Å². The van der Waals surface area contributed by atoms with Crippen molar-refractivity contribution >= 4 is 17.6 Å². The standard InChI is InChI=1S/C14H19NO4/c1-9(2)15(7-6-13(16)17)12-8-11(14(18)19)5-4-10(12)3/h4-5,8-9H,6-7H2,1-3H3,(H,16,17)(H,18,19). The van der Waals surface area contributed by atoms with Gasteiger partial charge in [-0.1, -0.05) is 6.07 Å². The first kappa shape index (κ1) is 15.0. The molecule has 0 saturated heterocycles. The van der Waals surface area contributed by atoms with Crippen LogP contribution in [-0.4, -0.2) is 34.7 Å². The zero-order valence-electron chi connectivity index (χ0n) is 11.4. The molecule has 0 spiro atoms. The van der Waals surface area contributed by atoms with Gasteiger partial charge in [-0.05, 0) is 38.5 Å². The lowest BCUT2D eigenvalue weighted by atomic mass is 10.1. The number of carbonyl (C=O) groups is 2. The van der Waals surface area contributed by atoms with Crippen LogP contribution < -0.4 is 4.90 Å². The Bertz CT molecular complexity index is 482. The molecule has 104 valence electrons. The molecule has 0 unspecified atom stereocenters. The van der Waals surface area contributed by atoms with Crippen LogP contribution >= 0.6 is 0 Å². The molecule has 0 amide bonds. The first-order valence-corrected chi connectivity index (χ1v) is 6.15. The lowest BCUT2D eigenvalue weighted by Gasteiger charge is -2.30. The average molecular weight is 265 g/mol. The highest BCUT2D eigenvalue weighted by Crippen LogP contribution is 2.24. The van der Waals surface area contributed by atoms with Gasteiger partial charge in [-0.3, -0.25) is 4.79 Å². The quantitative estimate of drug-likeness (QED) is 0.825. The van der Waals surface area contributed by atoms with Crippen LogP contribution in [-0.2, 0) is 4.79 Å². The number of rotatable bonds is 6. The molecule has 2 N–H and O–H groups in total. The van der Waals surface area contributed by atoms with Gasteiger partial charge in [0.1, 0.15) is 0 Å². The highest BCUT2D eigenvalue weighted by atomic mass is 16.4. The van der Waals surface area contributed by atoms with Gasteiger partial charge in [0.2, 0.25) is 0 Å². The van der Waals surface area contributed by atoms with Gasteiger partial charge in [-0.15, -0.1) is 0 Å². The fourth-order valence-corrected chi connectivity index (χ4v) is 1.92. The van der Waals surface area contributed by atoms with Crippen LogP contribution in [0.4, 0.5) is 5.69 Å². The number of benzene rings is 1. The first-order chi connectivity index (χ1) is 8.82. The number of aliphatic carboxylic acids is 1. The van der Waals surface area contributed by atoms with Gasteiger partial charge in [-0.2, -0.15) is 0 Å². The summed E-state index contributed by atoms with van der Waals surface area (Å²) < 4.78 is 0. The minimum absolute atomic E-state index is 0.0227. The third kappa shape index (κ3) is 3.98. The summed E-state index contributed by atoms with van der Waals surface area (Å²) in [6.07, 6.45) is 0.0227. The SMILES string of the molecule is Cc1ccc(C(=O)O)cc1N(CCC(=O)O)C(C)C. The predicted molar refractivity (Wildman–Crippen MR) is 72.9 cm³/mol. The van der Waals surface area contributed by atoms with Gasteiger partial charge in [0.25, 0.3) is 0 Å². The monoisotopic (exact) mass is 265 g/mol. The molecule has 0 fully saturated rings. The summed E-state index contributed by atoms with van der Waals surface area (Å²) in [6.45, 7) is 6.15. The molecule has 0 radical (unpaired) electrons. The highest BCUT2D eigenvalue weighted by Gasteiger charge is 2.16. The number of aromatic carboxylic acids is 1. The van der Waals surface area contributed by atoms with E-state index in [-0.39, 0.29) is 18.0 Å². The Hall–Kier alpha value is -2.04. The Kier molecular flexibility index (Phi) is 4.92. The third-order valence-corrected chi connectivity index (χ3v) is 2.96. The molecule has 5 heteroatoms. The fourth-order valence-electron chi connectivity index (χ4n) is 1.92. The zero-order chi connectivity index (χ0) is 14.6. The number of carboxylic acids is 2. The van der Waals surface area contributed by atoms with Crippen molar-refractivity contribution in [3.63, 3.8) is 0 Å². The van der Waals surface area contributed by atoms with Gasteiger partial charge >= 0.3 is 11.9 Å². The molecule has 0 heterocycles. The van der Waals surface area contributed by atoms with Crippen LogP contribution in [0, 0.1) is 6.92 Å². The predicted octanol–water partition coefficient (Wildman–Crippen LogP) is 2.38. The van der Waals surface area contributed by atoms with Gasteiger partial charge in [0.05, 0.1) is 12.0 Å². The van der Waals surface area contributed by atoms with Crippen molar-refractivity contribution in [3.05, 3.63) is 29.3 Å². The van der Waals surface area contributed by atoms with E-state index in [9.17, 15) is 9.59 Å². The third-order valence-electron chi connectivity index (χ3n) is 2.96. The van der Waals surface area contributed by atoms with E-state index in [1.54, 1.807) is 18.2 Å². The maximum absolute atomic E-state index is 11.0. The van der Waals surface area contributed by atoms with Crippen molar-refractivity contribution in [1.82, 2.24) is 0 Å². The van der Waals surface area contributed by atoms with Crippen molar-refractivity contribution in [2.45, 2.75) is 33.2 Å². The molecular formula is C14H19NO4. The molecule has 0 aliphatic rings. The largest absolute Gasteiger partial charge is 0.481 e. The Morgan fingerprint density at radius 1 is 1.26 bits per heavy atom. The molecule has 0 atom stereocenters. The molecular weight excluding hydrogens is 246 g/mol. The number of nitrogens with zero attached hydrogens (tertiary/aromatic N) is 1. The minimum Gasteiger partial charge on any atom is -0.481 e. The van der Waals surface area contributed by atoms with E-state index < -0.39 is 11.9 Å². The van der Waals surface area contributed by atoms with Crippen molar-refractivity contribution in [3.8, 4) is 0 Å². The molecule has 0 aromatic heterocycles. The normalized spacial score (nSPS) is 10.5. The summed E-state index contributed by atoms with van der Waals surface area (Å²) in [5.74, 6) is -1.85. The molecule has 19 heavy (non-hydrogen) atoms. The van der Waals surface area contributed by atoms with Gasteiger partial charge in [0.15, 0.2) is 0 Å². The van der Waals surface area contributed by atoms with Crippen molar-refractivity contribution in [2.24, 2.45) is 0 Å². The smallest absolute Gasteiger partial charge is 0.335 e. The lowest BCUT2D eigenvalue weighted by Crippen LogP contribution is -2.33. The molecule has 0 aliphatic carbocycles. The summed E-state index contributed by atoms with van der Waals surface area (Å²) in [4.78, 5) is 23.6. The molecule has 1 aromatic rings. The second-order valence-electron chi connectivity index (χ2n) is 4.74. The Morgan fingerprint density at radius 3 is 2.37 bits per heavy atom. The highest BCUT2D eigenvalue weighted by molar-refractivity contribution is 5.89. The maximum atomic E-state index is 11.0. The Balaban J connectivity index is 3.10. The van der Waals surface area contributed by atoms with Crippen LogP contribution in [0.1, 0.15) is 36.2 Å².